The third kappa shape index (κ3) is 4.45. The van der Waals surface area contributed by atoms with Crippen LogP contribution in [-0.4, -0.2) is 57.7 Å². The summed E-state index contributed by atoms with van der Waals surface area (Å²) in [6, 6.07) is 13.0. The fourth-order valence-corrected chi connectivity index (χ4v) is 3.14. The summed E-state index contributed by atoms with van der Waals surface area (Å²) in [5, 5.41) is 7.53. The quantitative estimate of drug-likeness (QED) is 0.495. The van der Waals surface area contributed by atoms with E-state index in [2.05, 4.69) is 25.1 Å². The Hall–Kier alpha value is -3.36. The summed E-state index contributed by atoms with van der Waals surface area (Å²) in [6.45, 7) is 2.19. The van der Waals surface area contributed by atoms with E-state index in [9.17, 15) is 9.18 Å². The number of aldehydes is 1. The Morgan fingerprint density at radius 1 is 1.27 bits per heavy atom. The number of H-pyrrole nitrogens is 2. The molecule has 8 heteroatoms. The number of fused-ring (bicyclic) bond motifs is 1. The van der Waals surface area contributed by atoms with E-state index in [1.54, 1.807) is 24.5 Å². The van der Waals surface area contributed by atoms with E-state index in [0.717, 1.165) is 41.7 Å². The summed E-state index contributed by atoms with van der Waals surface area (Å²) in [6.07, 6.45) is 4.26. The van der Waals surface area contributed by atoms with Gasteiger partial charge in [-0.1, -0.05) is 18.2 Å². The van der Waals surface area contributed by atoms with Crippen LogP contribution in [0.5, 0.6) is 0 Å². The van der Waals surface area contributed by atoms with Gasteiger partial charge in [0, 0.05) is 29.3 Å². The molecule has 0 atom stereocenters. The number of aromatic nitrogens is 4. The van der Waals surface area contributed by atoms with Crippen molar-refractivity contribution >= 4 is 17.3 Å². The van der Waals surface area contributed by atoms with Gasteiger partial charge in [0.25, 0.3) is 0 Å². The second kappa shape index (κ2) is 8.98. The first-order chi connectivity index (χ1) is 14.6. The molecule has 0 radical (unpaired) electrons. The number of pyridine rings is 1. The van der Waals surface area contributed by atoms with Gasteiger partial charge in [0.2, 0.25) is 0 Å². The normalized spacial score (nSPS) is 13.7. The van der Waals surface area contributed by atoms with Crippen molar-refractivity contribution in [3.05, 3.63) is 71.9 Å². The van der Waals surface area contributed by atoms with Gasteiger partial charge in [-0.3, -0.25) is 14.8 Å². The minimum absolute atomic E-state index is 0.125. The van der Waals surface area contributed by atoms with Crippen LogP contribution in [0.4, 0.5) is 4.39 Å². The molecule has 1 aliphatic heterocycles. The van der Waals surface area contributed by atoms with Gasteiger partial charge in [-0.2, -0.15) is 5.10 Å². The molecule has 1 aromatic carbocycles. The Balaban J connectivity index is 0.000000147. The molecule has 30 heavy (non-hydrogen) atoms. The summed E-state index contributed by atoms with van der Waals surface area (Å²) >= 11 is 0. The minimum Gasteiger partial charge on any atom is -0.378 e. The van der Waals surface area contributed by atoms with E-state index >= 15 is 0 Å². The van der Waals surface area contributed by atoms with Crippen molar-refractivity contribution in [1.82, 2.24) is 25.1 Å². The SMILES string of the molecule is CN(Cc1ccccc1F)C1COC1.O=Cc1cc2ccc(-c3cn[nH]c3)nc2[nH]1. The third-order valence-corrected chi connectivity index (χ3v) is 5.04. The van der Waals surface area contributed by atoms with Crippen LogP contribution in [0.2, 0.25) is 0 Å². The van der Waals surface area contributed by atoms with Crippen molar-refractivity contribution in [3.63, 3.8) is 0 Å². The molecule has 3 aromatic heterocycles. The highest BCUT2D eigenvalue weighted by molar-refractivity contribution is 5.86. The number of halogens is 1. The summed E-state index contributed by atoms with van der Waals surface area (Å²) in [5.74, 6) is -0.125. The van der Waals surface area contributed by atoms with Gasteiger partial charge in [-0.15, -0.1) is 0 Å². The fourth-order valence-electron chi connectivity index (χ4n) is 3.14. The van der Waals surface area contributed by atoms with E-state index in [1.165, 1.54) is 6.07 Å². The van der Waals surface area contributed by atoms with Crippen LogP contribution < -0.4 is 0 Å². The number of hydrogen-bond donors (Lipinski definition) is 2. The molecule has 7 nitrogen and oxygen atoms in total. The Labute approximate surface area is 172 Å². The first-order valence-corrected chi connectivity index (χ1v) is 9.59. The average molecular weight is 407 g/mol. The molecule has 4 aromatic rings. The zero-order chi connectivity index (χ0) is 20.9. The van der Waals surface area contributed by atoms with E-state index in [-0.39, 0.29) is 5.82 Å². The highest BCUT2D eigenvalue weighted by Gasteiger charge is 2.23. The van der Waals surface area contributed by atoms with Gasteiger partial charge in [0.1, 0.15) is 11.5 Å². The predicted molar refractivity (Wildman–Crippen MR) is 112 cm³/mol. The summed E-state index contributed by atoms with van der Waals surface area (Å²) in [4.78, 5) is 20.1. The van der Waals surface area contributed by atoms with Crippen LogP contribution in [0.1, 0.15) is 16.1 Å². The lowest BCUT2D eigenvalue weighted by Crippen LogP contribution is -2.46. The molecule has 0 saturated carbocycles. The second-order valence-electron chi connectivity index (χ2n) is 7.16. The van der Waals surface area contributed by atoms with Gasteiger partial charge in [-0.05, 0) is 31.3 Å². The fraction of sp³-hybridized carbons (Fsp3) is 0.227. The Morgan fingerprint density at radius 2 is 2.10 bits per heavy atom. The average Bonchev–Trinajstić information content (AvgIpc) is 3.38. The number of nitrogens with zero attached hydrogens (tertiary/aromatic N) is 3. The number of aromatic amines is 2. The molecular weight excluding hydrogens is 385 g/mol. The number of rotatable bonds is 5. The van der Waals surface area contributed by atoms with Gasteiger partial charge < -0.3 is 9.72 Å². The van der Waals surface area contributed by atoms with E-state index in [0.29, 0.717) is 23.9 Å². The number of nitrogens with one attached hydrogen (secondary N) is 2. The van der Waals surface area contributed by atoms with Crippen LogP contribution in [0.15, 0.2) is 54.9 Å². The molecule has 154 valence electrons. The highest BCUT2D eigenvalue weighted by Crippen LogP contribution is 2.20. The Morgan fingerprint density at radius 3 is 2.77 bits per heavy atom. The van der Waals surface area contributed by atoms with Gasteiger partial charge in [-0.25, -0.2) is 9.37 Å². The van der Waals surface area contributed by atoms with Crippen molar-refractivity contribution in [2.75, 3.05) is 20.3 Å². The molecule has 0 amide bonds. The third-order valence-electron chi connectivity index (χ3n) is 5.04. The van der Waals surface area contributed by atoms with Gasteiger partial charge in [0.15, 0.2) is 6.29 Å². The summed E-state index contributed by atoms with van der Waals surface area (Å²) in [5.41, 5.74) is 3.74. The van der Waals surface area contributed by atoms with E-state index in [4.69, 9.17) is 4.74 Å². The monoisotopic (exact) mass is 407 g/mol. The highest BCUT2D eigenvalue weighted by atomic mass is 19.1. The Kier molecular flexibility index (Phi) is 5.97. The maximum atomic E-state index is 13.3. The van der Waals surface area contributed by atoms with Gasteiger partial charge in [0.05, 0.1) is 36.8 Å². The van der Waals surface area contributed by atoms with Crippen LogP contribution in [0.3, 0.4) is 0 Å². The number of carbonyl (C=O) groups is 1. The molecular formula is C22H22FN5O2. The summed E-state index contributed by atoms with van der Waals surface area (Å²) < 4.78 is 18.4. The van der Waals surface area contributed by atoms with E-state index < -0.39 is 0 Å². The van der Waals surface area contributed by atoms with E-state index in [1.807, 2.05) is 31.3 Å². The molecule has 1 aliphatic rings. The van der Waals surface area contributed by atoms with Crippen molar-refractivity contribution in [2.45, 2.75) is 12.6 Å². The standard InChI is InChI=1S/C11H14FNO.C11H8N4O/c1-13(10-7-14-8-10)6-9-4-2-3-5-11(9)12;16-6-9-3-7-1-2-10(15-11(7)14-9)8-4-12-13-5-8/h2-5,10H,6-8H2,1H3;1-6H,(H,12,13)(H,14,15). The number of likely N-dealkylation sites (N-methyl/N-ethyl adjacent to an activating group) is 1. The van der Waals surface area contributed by atoms with Crippen molar-refractivity contribution in [3.8, 4) is 11.3 Å². The molecule has 0 aliphatic carbocycles. The van der Waals surface area contributed by atoms with Crippen LogP contribution in [0, 0.1) is 5.82 Å². The van der Waals surface area contributed by atoms with Crippen LogP contribution >= 0.6 is 0 Å². The van der Waals surface area contributed by atoms with Crippen LogP contribution in [0.25, 0.3) is 22.3 Å². The largest absolute Gasteiger partial charge is 0.378 e. The zero-order valence-electron chi connectivity index (χ0n) is 16.5. The van der Waals surface area contributed by atoms with Gasteiger partial charge >= 0.3 is 0 Å². The molecule has 4 heterocycles. The number of carbonyl (C=O) groups excluding carboxylic acids is 1. The first-order valence-electron chi connectivity index (χ1n) is 9.59. The predicted octanol–water partition coefficient (Wildman–Crippen LogP) is 3.42. The smallest absolute Gasteiger partial charge is 0.166 e. The van der Waals surface area contributed by atoms with Crippen molar-refractivity contribution in [2.24, 2.45) is 0 Å². The molecule has 0 unspecified atom stereocenters. The minimum atomic E-state index is -0.125. The molecule has 1 saturated heterocycles. The van der Waals surface area contributed by atoms with Crippen LogP contribution in [-0.2, 0) is 11.3 Å². The molecule has 5 rings (SSSR count). The Bertz CT molecular complexity index is 1120. The lowest BCUT2D eigenvalue weighted by Gasteiger charge is -2.34. The topological polar surface area (TPSA) is 86.9 Å². The number of benzene rings is 1. The summed E-state index contributed by atoms with van der Waals surface area (Å²) in [7, 11) is 2.00. The first kappa shape index (κ1) is 19.9. The molecule has 2 N–H and O–H groups in total. The lowest BCUT2D eigenvalue weighted by atomic mass is 10.1. The number of hydrogen-bond acceptors (Lipinski definition) is 5. The molecule has 0 bridgehead atoms. The maximum Gasteiger partial charge on any atom is 0.166 e. The molecule has 1 fully saturated rings. The van der Waals surface area contributed by atoms with Crippen molar-refractivity contribution < 1.29 is 13.9 Å². The lowest BCUT2D eigenvalue weighted by molar-refractivity contribution is -0.0589. The molecule has 0 spiro atoms. The second-order valence-corrected chi connectivity index (χ2v) is 7.16. The van der Waals surface area contributed by atoms with Crippen molar-refractivity contribution in [1.29, 1.82) is 0 Å². The maximum absolute atomic E-state index is 13.3. The zero-order valence-corrected chi connectivity index (χ0v) is 16.5. The number of ether oxygens (including phenoxy) is 1.